The Labute approximate surface area is 157 Å². The number of rotatable bonds is 4. The zero-order valence-corrected chi connectivity index (χ0v) is 15.4. The molecule has 6 nitrogen and oxygen atoms in total. The highest BCUT2D eigenvalue weighted by Gasteiger charge is 2.12. The van der Waals surface area contributed by atoms with Crippen LogP contribution in [0.2, 0.25) is 0 Å². The first kappa shape index (κ1) is 18.1. The van der Waals surface area contributed by atoms with Gasteiger partial charge in [0.15, 0.2) is 0 Å². The van der Waals surface area contributed by atoms with E-state index in [0.717, 1.165) is 11.3 Å². The number of nitriles is 1. The first-order valence-electron chi connectivity index (χ1n) is 8.46. The van der Waals surface area contributed by atoms with E-state index in [1.807, 2.05) is 38.1 Å². The number of carbonyl (C=O) groups excluding carboxylic acids is 1. The van der Waals surface area contributed by atoms with Crippen LogP contribution in [-0.2, 0) is 0 Å². The van der Waals surface area contributed by atoms with E-state index in [-0.39, 0.29) is 11.6 Å². The molecule has 3 rings (SSSR count). The minimum absolute atomic E-state index is 0.248. The Morgan fingerprint density at radius 1 is 1.04 bits per heavy atom. The highest BCUT2D eigenvalue weighted by atomic mass is 16.1. The van der Waals surface area contributed by atoms with Crippen LogP contribution in [0.3, 0.4) is 0 Å². The van der Waals surface area contributed by atoms with Gasteiger partial charge in [0, 0.05) is 17.4 Å². The molecular formula is C21H19N5O. The summed E-state index contributed by atoms with van der Waals surface area (Å²) in [6.07, 6.45) is 0. The fourth-order valence-electron chi connectivity index (χ4n) is 2.63. The molecule has 3 aromatic rings. The number of nitrogens with one attached hydrogen (secondary N) is 2. The van der Waals surface area contributed by atoms with Crippen LogP contribution in [0.5, 0.6) is 0 Å². The Bertz CT molecular complexity index is 1050. The minimum atomic E-state index is -0.361. The first-order valence-corrected chi connectivity index (χ1v) is 8.46. The van der Waals surface area contributed by atoms with Gasteiger partial charge in [-0.15, -0.1) is 0 Å². The van der Waals surface area contributed by atoms with Crippen molar-refractivity contribution in [3.63, 3.8) is 0 Å². The highest BCUT2D eigenvalue weighted by molar-refractivity contribution is 6.03. The average Bonchev–Trinajstić information content (AvgIpc) is 2.65. The fraction of sp³-hybridized carbons (Fsp3) is 0.143. The zero-order valence-electron chi connectivity index (χ0n) is 15.4. The quantitative estimate of drug-likeness (QED) is 0.728. The van der Waals surface area contributed by atoms with Gasteiger partial charge in [0.05, 0.1) is 11.6 Å². The molecular weight excluding hydrogens is 338 g/mol. The van der Waals surface area contributed by atoms with Crippen LogP contribution >= 0.6 is 0 Å². The summed E-state index contributed by atoms with van der Waals surface area (Å²) in [4.78, 5) is 21.2. The van der Waals surface area contributed by atoms with Gasteiger partial charge in [0.1, 0.15) is 17.3 Å². The number of nitrogens with zero attached hydrogens (tertiary/aromatic N) is 3. The van der Waals surface area contributed by atoms with Crippen molar-refractivity contribution >= 4 is 23.1 Å². The number of benzene rings is 2. The Morgan fingerprint density at radius 2 is 1.81 bits per heavy atom. The Balaban J connectivity index is 1.85. The van der Waals surface area contributed by atoms with Crippen molar-refractivity contribution in [3.8, 4) is 6.07 Å². The highest BCUT2D eigenvalue weighted by Crippen LogP contribution is 2.22. The SMILES string of the molecule is Cc1nc(Nc2cccc(C)c2C)cc(C(=O)Nc2cccc(C#N)c2)n1. The Morgan fingerprint density at radius 3 is 2.59 bits per heavy atom. The summed E-state index contributed by atoms with van der Waals surface area (Å²) < 4.78 is 0. The molecule has 0 spiro atoms. The molecule has 0 bridgehead atoms. The summed E-state index contributed by atoms with van der Waals surface area (Å²) in [6.45, 7) is 5.81. The van der Waals surface area contributed by atoms with Crippen molar-refractivity contribution in [3.05, 3.63) is 76.7 Å². The van der Waals surface area contributed by atoms with Crippen LogP contribution in [-0.4, -0.2) is 15.9 Å². The van der Waals surface area contributed by atoms with Gasteiger partial charge in [-0.25, -0.2) is 9.97 Å². The van der Waals surface area contributed by atoms with E-state index in [4.69, 9.17) is 5.26 Å². The normalized spacial score (nSPS) is 10.1. The molecule has 134 valence electrons. The molecule has 1 heterocycles. The van der Waals surface area contributed by atoms with Gasteiger partial charge in [-0.2, -0.15) is 5.26 Å². The second kappa shape index (κ2) is 7.67. The number of hydrogen-bond donors (Lipinski definition) is 2. The van der Waals surface area contributed by atoms with E-state index in [9.17, 15) is 4.79 Å². The monoisotopic (exact) mass is 357 g/mol. The van der Waals surface area contributed by atoms with Crippen LogP contribution in [0, 0.1) is 32.1 Å². The van der Waals surface area contributed by atoms with Crippen LogP contribution in [0.4, 0.5) is 17.2 Å². The molecule has 1 aromatic heterocycles. The third kappa shape index (κ3) is 4.28. The summed E-state index contributed by atoms with van der Waals surface area (Å²) in [5.74, 6) is 0.674. The third-order valence-electron chi connectivity index (χ3n) is 4.19. The van der Waals surface area contributed by atoms with Crippen LogP contribution in [0.1, 0.15) is 33.0 Å². The van der Waals surface area contributed by atoms with Crippen molar-refractivity contribution < 1.29 is 4.79 Å². The summed E-state index contributed by atoms with van der Waals surface area (Å²) >= 11 is 0. The van der Waals surface area contributed by atoms with Crippen LogP contribution in [0.15, 0.2) is 48.5 Å². The number of anilines is 3. The number of amides is 1. The maximum Gasteiger partial charge on any atom is 0.274 e. The molecule has 0 aliphatic rings. The lowest BCUT2D eigenvalue weighted by atomic mass is 10.1. The van der Waals surface area contributed by atoms with Gasteiger partial charge in [0.2, 0.25) is 0 Å². The van der Waals surface area contributed by atoms with E-state index in [1.54, 1.807) is 37.3 Å². The topological polar surface area (TPSA) is 90.7 Å². The molecule has 27 heavy (non-hydrogen) atoms. The van der Waals surface area contributed by atoms with E-state index in [0.29, 0.717) is 22.9 Å². The number of aryl methyl sites for hydroxylation is 2. The molecule has 2 N–H and O–H groups in total. The molecule has 0 atom stereocenters. The first-order chi connectivity index (χ1) is 13.0. The molecule has 6 heteroatoms. The Hall–Kier alpha value is -3.72. The summed E-state index contributed by atoms with van der Waals surface area (Å²) in [5.41, 5.74) is 4.48. The van der Waals surface area contributed by atoms with Gasteiger partial charge in [-0.05, 0) is 56.2 Å². The van der Waals surface area contributed by atoms with E-state index in [2.05, 4.69) is 20.6 Å². The predicted octanol–water partition coefficient (Wildman–Crippen LogP) is 4.27. The summed E-state index contributed by atoms with van der Waals surface area (Å²) in [7, 11) is 0. The van der Waals surface area contributed by atoms with Crippen molar-refractivity contribution in [2.75, 3.05) is 10.6 Å². The smallest absolute Gasteiger partial charge is 0.274 e. The van der Waals surface area contributed by atoms with E-state index < -0.39 is 0 Å². The van der Waals surface area contributed by atoms with Crippen molar-refractivity contribution in [2.45, 2.75) is 20.8 Å². The lowest BCUT2D eigenvalue weighted by Crippen LogP contribution is -2.15. The second-order valence-electron chi connectivity index (χ2n) is 6.20. The van der Waals surface area contributed by atoms with E-state index >= 15 is 0 Å². The van der Waals surface area contributed by atoms with Gasteiger partial charge in [-0.3, -0.25) is 4.79 Å². The number of aromatic nitrogens is 2. The lowest BCUT2D eigenvalue weighted by molar-refractivity contribution is 0.102. The molecule has 0 aliphatic carbocycles. The molecule has 0 saturated carbocycles. The average molecular weight is 357 g/mol. The fourth-order valence-corrected chi connectivity index (χ4v) is 2.63. The van der Waals surface area contributed by atoms with Crippen LogP contribution < -0.4 is 10.6 Å². The standard InChI is InChI=1S/C21H19N5O/c1-13-6-4-9-18(14(13)2)26-20-11-19(23-15(3)24-20)21(27)25-17-8-5-7-16(10-17)12-22/h4-11H,1-3H3,(H,25,27)(H,23,24,26). The molecule has 2 aromatic carbocycles. The largest absolute Gasteiger partial charge is 0.340 e. The lowest BCUT2D eigenvalue weighted by Gasteiger charge is -2.12. The van der Waals surface area contributed by atoms with E-state index in [1.165, 1.54) is 5.56 Å². The maximum atomic E-state index is 12.6. The molecule has 0 fully saturated rings. The maximum absolute atomic E-state index is 12.6. The summed E-state index contributed by atoms with van der Waals surface area (Å²) in [6, 6.07) is 16.4. The van der Waals surface area contributed by atoms with Crippen molar-refractivity contribution in [2.24, 2.45) is 0 Å². The molecule has 1 amide bonds. The zero-order chi connectivity index (χ0) is 19.4. The van der Waals surface area contributed by atoms with Gasteiger partial charge in [-0.1, -0.05) is 18.2 Å². The number of hydrogen-bond acceptors (Lipinski definition) is 5. The van der Waals surface area contributed by atoms with Crippen LogP contribution in [0.25, 0.3) is 0 Å². The minimum Gasteiger partial charge on any atom is -0.340 e. The molecule has 0 radical (unpaired) electrons. The predicted molar refractivity (Wildman–Crippen MR) is 105 cm³/mol. The van der Waals surface area contributed by atoms with Gasteiger partial charge < -0.3 is 10.6 Å². The molecule has 0 aliphatic heterocycles. The molecule has 0 saturated heterocycles. The van der Waals surface area contributed by atoms with Gasteiger partial charge >= 0.3 is 0 Å². The third-order valence-corrected chi connectivity index (χ3v) is 4.19. The number of carbonyl (C=O) groups is 1. The van der Waals surface area contributed by atoms with Crippen molar-refractivity contribution in [1.29, 1.82) is 5.26 Å². The summed E-state index contributed by atoms with van der Waals surface area (Å²) in [5, 5.41) is 15.0. The molecule has 0 unspecified atom stereocenters. The van der Waals surface area contributed by atoms with Crippen molar-refractivity contribution in [1.82, 2.24) is 9.97 Å². The second-order valence-corrected chi connectivity index (χ2v) is 6.20. The Kier molecular flexibility index (Phi) is 5.13. The van der Waals surface area contributed by atoms with Gasteiger partial charge in [0.25, 0.3) is 5.91 Å².